The van der Waals surface area contributed by atoms with E-state index in [2.05, 4.69) is 10.3 Å². The predicted octanol–water partition coefficient (Wildman–Crippen LogP) is 2.78. The maximum atomic E-state index is 13.4. The summed E-state index contributed by atoms with van der Waals surface area (Å²) < 4.78 is 13.4. The third-order valence-corrected chi connectivity index (χ3v) is 3.03. The minimum Gasteiger partial charge on any atom is -0.399 e. The number of rotatable bonds is 3. The zero-order valence-corrected chi connectivity index (χ0v) is 9.64. The van der Waals surface area contributed by atoms with E-state index < -0.39 is 0 Å². The Hall–Kier alpha value is -1.62. The number of halogens is 1. The number of aryl methyl sites for hydroxylation is 1. The number of anilines is 2. The van der Waals surface area contributed by atoms with Crippen LogP contribution in [0.25, 0.3) is 0 Å². The first-order chi connectivity index (χ1) is 7.65. The van der Waals surface area contributed by atoms with E-state index in [0.29, 0.717) is 17.9 Å². The van der Waals surface area contributed by atoms with Gasteiger partial charge < -0.3 is 11.1 Å². The standard InChI is InChI=1S/C11H12FN3S/c1-7-14-5-9(16-7)6-15-11-3-2-8(13)4-10(11)12/h2-5,15H,6,13H2,1H3. The molecule has 0 fully saturated rings. The first kappa shape index (κ1) is 10.9. The fraction of sp³-hybridized carbons (Fsp3) is 0.182. The van der Waals surface area contributed by atoms with Crippen LogP contribution in [0.5, 0.6) is 0 Å². The van der Waals surface area contributed by atoms with E-state index in [1.807, 2.05) is 6.92 Å². The molecule has 0 saturated heterocycles. The lowest BCUT2D eigenvalue weighted by Gasteiger charge is -2.06. The molecule has 0 aliphatic heterocycles. The summed E-state index contributed by atoms with van der Waals surface area (Å²) in [6.45, 7) is 2.52. The van der Waals surface area contributed by atoms with Crippen LogP contribution in [-0.4, -0.2) is 4.98 Å². The predicted molar refractivity (Wildman–Crippen MR) is 65.0 cm³/mol. The Morgan fingerprint density at radius 2 is 2.31 bits per heavy atom. The van der Waals surface area contributed by atoms with Gasteiger partial charge in [-0.25, -0.2) is 9.37 Å². The SMILES string of the molecule is Cc1ncc(CNc2ccc(N)cc2F)s1. The van der Waals surface area contributed by atoms with Crippen molar-refractivity contribution in [3.8, 4) is 0 Å². The van der Waals surface area contributed by atoms with Crippen LogP contribution < -0.4 is 11.1 Å². The largest absolute Gasteiger partial charge is 0.399 e. The topological polar surface area (TPSA) is 50.9 Å². The Morgan fingerprint density at radius 1 is 1.50 bits per heavy atom. The molecule has 0 saturated carbocycles. The molecule has 16 heavy (non-hydrogen) atoms. The minimum absolute atomic E-state index is 0.332. The summed E-state index contributed by atoms with van der Waals surface area (Å²) in [4.78, 5) is 5.21. The Morgan fingerprint density at radius 3 is 2.94 bits per heavy atom. The van der Waals surface area contributed by atoms with Gasteiger partial charge in [-0.1, -0.05) is 0 Å². The first-order valence-corrected chi connectivity index (χ1v) is 5.67. The van der Waals surface area contributed by atoms with E-state index in [-0.39, 0.29) is 5.82 Å². The highest BCUT2D eigenvalue weighted by molar-refractivity contribution is 7.11. The van der Waals surface area contributed by atoms with Crippen molar-refractivity contribution in [1.82, 2.24) is 4.98 Å². The molecule has 0 amide bonds. The van der Waals surface area contributed by atoms with Crippen LogP contribution in [0.2, 0.25) is 0 Å². The lowest BCUT2D eigenvalue weighted by molar-refractivity contribution is 0.631. The highest BCUT2D eigenvalue weighted by Crippen LogP contribution is 2.19. The molecule has 0 unspecified atom stereocenters. The maximum Gasteiger partial charge on any atom is 0.148 e. The highest BCUT2D eigenvalue weighted by atomic mass is 32.1. The molecule has 0 aliphatic carbocycles. The monoisotopic (exact) mass is 237 g/mol. The van der Waals surface area contributed by atoms with E-state index in [4.69, 9.17) is 5.73 Å². The van der Waals surface area contributed by atoms with Crippen LogP contribution in [0.15, 0.2) is 24.4 Å². The third kappa shape index (κ3) is 2.49. The average Bonchev–Trinajstić information content (AvgIpc) is 2.63. The summed E-state index contributed by atoms with van der Waals surface area (Å²) in [6.07, 6.45) is 1.79. The molecule has 3 nitrogen and oxygen atoms in total. The van der Waals surface area contributed by atoms with Gasteiger partial charge in [0.05, 0.1) is 17.2 Å². The number of nitrogens with one attached hydrogen (secondary N) is 1. The van der Waals surface area contributed by atoms with Gasteiger partial charge in [0, 0.05) is 16.8 Å². The van der Waals surface area contributed by atoms with Crippen molar-refractivity contribution >= 4 is 22.7 Å². The summed E-state index contributed by atoms with van der Waals surface area (Å²) in [5, 5.41) is 4.02. The smallest absolute Gasteiger partial charge is 0.148 e. The second-order valence-corrected chi connectivity index (χ2v) is 4.76. The molecule has 84 valence electrons. The fourth-order valence-electron chi connectivity index (χ4n) is 1.34. The van der Waals surface area contributed by atoms with E-state index in [1.165, 1.54) is 6.07 Å². The molecule has 0 spiro atoms. The molecule has 0 bridgehead atoms. The second kappa shape index (κ2) is 4.49. The van der Waals surface area contributed by atoms with Gasteiger partial charge in [0.25, 0.3) is 0 Å². The number of benzene rings is 1. The lowest BCUT2D eigenvalue weighted by atomic mass is 10.2. The number of nitrogens with two attached hydrogens (primary N) is 1. The summed E-state index contributed by atoms with van der Waals surface area (Å²) in [5.41, 5.74) is 6.35. The van der Waals surface area contributed by atoms with Crippen molar-refractivity contribution in [2.75, 3.05) is 11.1 Å². The molecule has 5 heteroatoms. The molecule has 2 aromatic rings. The van der Waals surface area contributed by atoms with Gasteiger partial charge in [-0.15, -0.1) is 11.3 Å². The van der Waals surface area contributed by atoms with Gasteiger partial charge in [-0.05, 0) is 25.1 Å². The van der Waals surface area contributed by atoms with E-state index in [9.17, 15) is 4.39 Å². The number of hydrogen-bond acceptors (Lipinski definition) is 4. The van der Waals surface area contributed by atoms with Gasteiger partial charge >= 0.3 is 0 Å². The van der Waals surface area contributed by atoms with Gasteiger partial charge in [0.15, 0.2) is 0 Å². The van der Waals surface area contributed by atoms with Crippen molar-refractivity contribution in [1.29, 1.82) is 0 Å². The molecular formula is C11H12FN3S. The summed E-state index contributed by atoms with van der Waals surface area (Å²) in [6, 6.07) is 4.61. The molecule has 1 heterocycles. The number of hydrogen-bond donors (Lipinski definition) is 2. The van der Waals surface area contributed by atoms with E-state index in [0.717, 1.165) is 9.88 Å². The minimum atomic E-state index is -0.332. The van der Waals surface area contributed by atoms with E-state index in [1.54, 1.807) is 29.7 Å². The molecule has 2 rings (SSSR count). The Labute approximate surface area is 97.1 Å². The van der Waals surface area contributed by atoms with Crippen LogP contribution >= 0.6 is 11.3 Å². The summed E-state index contributed by atoms with van der Waals surface area (Å²) in [7, 11) is 0. The molecule has 0 atom stereocenters. The Balaban J connectivity index is 2.04. The zero-order valence-electron chi connectivity index (χ0n) is 8.83. The maximum absolute atomic E-state index is 13.4. The Kier molecular flexibility index (Phi) is 3.05. The van der Waals surface area contributed by atoms with Crippen LogP contribution in [0.3, 0.4) is 0 Å². The summed E-state index contributed by atoms with van der Waals surface area (Å²) in [5.74, 6) is -0.332. The molecule has 0 aliphatic rings. The normalized spacial score (nSPS) is 10.4. The van der Waals surface area contributed by atoms with Crippen LogP contribution in [0.4, 0.5) is 15.8 Å². The zero-order chi connectivity index (χ0) is 11.5. The third-order valence-electron chi connectivity index (χ3n) is 2.12. The van der Waals surface area contributed by atoms with Gasteiger partial charge in [0.1, 0.15) is 5.82 Å². The lowest BCUT2D eigenvalue weighted by Crippen LogP contribution is -2.00. The molecule has 1 aromatic carbocycles. The number of nitrogen functional groups attached to an aromatic ring is 1. The highest BCUT2D eigenvalue weighted by Gasteiger charge is 2.03. The average molecular weight is 237 g/mol. The molecule has 3 N–H and O–H groups in total. The molecule has 1 aromatic heterocycles. The fourth-order valence-corrected chi connectivity index (χ4v) is 2.08. The van der Waals surface area contributed by atoms with Crippen molar-refractivity contribution in [3.63, 3.8) is 0 Å². The van der Waals surface area contributed by atoms with Crippen LogP contribution in [0, 0.1) is 12.7 Å². The summed E-state index contributed by atoms with van der Waals surface area (Å²) >= 11 is 1.60. The van der Waals surface area contributed by atoms with Crippen molar-refractivity contribution in [2.45, 2.75) is 13.5 Å². The van der Waals surface area contributed by atoms with Crippen molar-refractivity contribution < 1.29 is 4.39 Å². The van der Waals surface area contributed by atoms with Crippen molar-refractivity contribution in [2.24, 2.45) is 0 Å². The quantitative estimate of drug-likeness (QED) is 0.807. The van der Waals surface area contributed by atoms with Crippen LogP contribution in [-0.2, 0) is 6.54 Å². The Bertz CT molecular complexity index is 496. The van der Waals surface area contributed by atoms with Crippen LogP contribution in [0.1, 0.15) is 9.88 Å². The van der Waals surface area contributed by atoms with Gasteiger partial charge in [0.2, 0.25) is 0 Å². The van der Waals surface area contributed by atoms with E-state index >= 15 is 0 Å². The van der Waals surface area contributed by atoms with Crippen molar-refractivity contribution in [3.05, 3.63) is 40.1 Å². The number of thiazole rings is 1. The number of aromatic nitrogens is 1. The first-order valence-electron chi connectivity index (χ1n) is 4.85. The van der Waals surface area contributed by atoms with Gasteiger partial charge in [-0.2, -0.15) is 0 Å². The molecular weight excluding hydrogens is 225 g/mol. The second-order valence-electron chi connectivity index (χ2n) is 3.44. The number of nitrogens with zero attached hydrogens (tertiary/aromatic N) is 1. The molecule has 0 radical (unpaired) electrons. The van der Waals surface area contributed by atoms with Gasteiger partial charge in [-0.3, -0.25) is 0 Å².